The molecule has 1 atom stereocenters. The molecule has 4 rings (SSSR count). The molecule has 0 bridgehead atoms. The minimum Gasteiger partial charge on any atom is -0.468 e. The average Bonchev–Trinajstić information content (AvgIpc) is 3.19. The molecule has 1 aliphatic rings. The number of esters is 1. The number of nitro groups is 1. The minimum atomic E-state index is -0.566. The summed E-state index contributed by atoms with van der Waals surface area (Å²) in [4.78, 5) is 31.9. The molecule has 0 spiro atoms. The number of hydrogen-bond donors (Lipinski definition) is 0. The zero-order valence-electron chi connectivity index (χ0n) is 16.2. The molecular weight excluding hydrogens is 428 g/mol. The number of ether oxygens (including phenoxy) is 1. The second kappa shape index (κ2) is 8.55. The second-order valence-corrected chi connectivity index (χ2v) is 8.29. The van der Waals surface area contributed by atoms with Gasteiger partial charge in [-0.1, -0.05) is 41.1 Å². The maximum Gasteiger partial charge on any atom is 0.327 e. The van der Waals surface area contributed by atoms with Crippen LogP contribution in [0.4, 0.5) is 10.8 Å². The quantitative estimate of drug-likeness (QED) is 0.333. The van der Waals surface area contributed by atoms with Crippen LogP contribution in [-0.2, 0) is 9.53 Å². The number of carbonyl (C=O) groups excluding carboxylic acids is 1. The Morgan fingerprint density at radius 3 is 2.63 bits per heavy atom. The van der Waals surface area contributed by atoms with Crippen LogP contribution in [0.2, 0.25) is 5.02 Å². The van der Waals surface area contributed by atoms with Gasteiger partial charge in [0.15, 0.2) is 5.13 Å². The Bertz CT molecular complexity index is 1100. The van der Waals surface area contributed by atoms with E-state index in [0.717, 1.165) is 20.9 Å². The highest BCUT2D eigenvalue weighted by Gasteiger charge is 2.33. The van der Waals surface area contributed by atoms with Gasteiger partial charge in [0.1, 0.15) is 6.04 Å². The maximum absolute atomic E-state index is 12.5. The molecule has 0 amide bonds. The van der Waals surface area contributed by atoms with Crippen molar-refractivity contribution < 1.29 is 14.5 Å². The Balaban J connectivity index is 1.52. The van der Waals surface area contributed by atoms with Gasteiger partial charge in [-0.25, -0.2) is 9.78 Å². The van der Waals surface area contributed by atoms with Gasteiger partial charge in [0.2, 0.25) is 0 Å². The van der Waals surface area contributed by atoms with Gasteiger partial charge in [0, 0.05) is 43.3 Å². The molecule has 0 aliphatic carbocycles. The van der Waals surface area contributed by atoms with Crippen molar-refractivity contribution in [1.29, 1.82) is 0 Å². The van der Waals surface area contributed by atoms with Crippen molar-refractivity contribution >= 4 is 49.9 Å². The van der Waals surface area contributed by atoms with Crippen molar-refractivity contribution in [2.45, 2.75) is 6.04 Å². The number of anilines is 1. The predicted octanol–water partition coefficient (Wildman–Crippen LogP) is 3.89. The molecule has 2 heterocycles. The molecule has 1 aliphatic heterocycles. The van der Waals surface area contributed by atoms with Gasteiger partial charge in [0.05, 0.1) is 22.2 Å². The van der Waals surface area contributed by atoms with Crippen LogP contribution in [0.5, 0.6) is 0 Å². The number of nitro benzene ring substituents is 1. The highest BCUT2D eigenvalue weighted by Crippen LogP contribution is 2.34. The lowest BCUT2D eigenvalue weighted by Crippen LogP contribution is -2.49. The first-order valence-corrected chi connectivity index (χ1v) is 10.5. The van der Waals surface area contributed by atoms with Crippen molar-refractivity contribution in [1.82, 2.24) is 9.88 Å². The van der Waals surface area contributed by atoms with E-state index in [2.05, 4.69) is 14.8 Å². The van der Waals surface area contributed by atoms with Crippen LogP contribution in [0.25, 0.3) is 10.2 Å². The SMILES string of the molecule is COC(=O)C(c1ccccc1Cl)N1CCN(c2nc3ccc([N+](=O)[O-])cc3s2)CC1. The number of rotatable bonds is 5. The fraction of sp³-hybridized carbons (Fsp3) is 0.300. The summed E-state index contributed by atoms with van der Waals surface area (Å²) >= 11 is 7.78. The van der Waals surface area contributed by atoms with E-state index in [-0.39, 0.29) is 11.7 Å². The second-order valence-electron chi connectivity index (χ2n) is 6.88. The van der Waals surface area contributed by atoms with Crippen LogP contribution >= 0.6 is 22.9 Å². The molecule has 1 fully saturated rings. The molecule has 2 aromatic carbocycles. The van der Waals surface area contributed by atoms with E-state index in [0.29, 0.717) is 31.2 Å². The first kappa shape index (κ1) is 20.5. The number of non-ortho nitro benzene ring substituents is 1. The zero-order valence-corrected chi connectivity index (χ0v) is 17.7. The van der Waals surface area contributed by atoms with Gasteiger partial charge in [-0.2, -0.15) is 0 Å². The third-order valence-electron chi connectivity index (χ3n) is 5.15. The molecule has 1 aromatic heterocycles. The number of fused-ring (bicyclic) bond motifs is 1. The van der Waals surface area contributed by atoms with Crippen molar-refractivity contribution in [2.24, 2.45) is 0 Å². The summed E-state index contributed by atoms with van der Waals surface area (Å²) in [6.07, 6.45) is 0. The smallest absolute Gasteiger partial charge is 0.327 e. The number of carbonyl (C=O) groups is 1. The van der Waals surface area contributed by atoms with Crippen molar-refractivity contribution in [2.75, 3.05) is 38.2 Å². The van der Waals surface area contributed by atoms with Crippen LogP contribution in [0, 0.1) is 10.1 Å². The molecule has 10 heteroatoms. The topological polar surface area (TPSA) is 88.8 Å². The third kappa shape index (κ3) is 3.96. The fourth-order valence-corrected chi connectivity index (χ4v) is 4.89. The Kier molecular flexibility index (Phi) is 5.85. The van der Waals surface area contributed by atoms with E-state index in [4.69, 9.17) is 16.3 Å². The Morgan fingerprint density at radius 2 is 1.97 bits per heavy atom. The van der Waals surface area contributed by atoms with E-state index in [1.165, 1.54) is 24.5 Å². The third-order valence-corrected chi connectivity index (χ3v) is 6.57. The summed E-state index contributed by atoms with van der Waals surface area (Å²) in [5.41, 5.74) is 1.53. The number of benzene rings is 2. The lowest BCUT2D eigenvalue weighted by molar-refractivity contribution is -0.384. The van der Waals surface area contributed by atoms with Crippen LogP contribution < -0.4 is 4.90 Å². The van der Waals surface area contributed by atoms with Crippen LogP contribution in [0.15, 0.2) is 42.5 Å². The number of nitrogens with zero attached hydrogens (tertiary/aromatic N) is 4. The van der Waals surface area contributed by atoms with Crippen molar-refractivity contribution in [3.05, 3.63) is 63.2 Å². The summed E-state index contributed by atoms with van der Waals surface area (Å²) in [6, 6.07) is 11.4. The first-order chi connectivity index (χ1) is 14.5. The summed E-state index contributed by atoms with van der Waals surface area (Å²) in [5, 5.41) is 12.3. The Hall–Kier alpha value is -2.75. The average molecular weight is 447 g/mol. The van der Waals surface area contributed by atoms with Crippen LogP contribution in [0.1, 0.15) is 11.6 Å². The van der Waals surface area contributed by atoms with E-state index >= 15 is 0 Å². The molecule has 1 unspecified atom stereocenters. The first-order valence-electron chi connectivity index (χ1n) is 9.34. The number of aromatic nitrogens is 1. The summed E-state index contributed by atoms with van der Waals surface area (Å²) in [5.74, 6) is -0.344. The molecular formula is C20H19ClN4O4S. The molecule has 0 radical (unpaired) electrons. The van der Waals surface area contributed by atoms with Gasteiger partial charge in [0.25, 0.3) is 5.69 Å². The lowest BCUT2D eigenvalue weighted by atomic mass is 10.0. The molecule has 3 aromatic rings. The Labute approximate surface area is 181 Å². The van der Waals surface area contributed by atoms with Gasteiger partial charge < -0.3 is 9.64 Å². The summed E-state index contributed by atoms with van der Waals surface area (Å²) < 4.78 is 5.82. The number of piperazine rings is 1. The van der Waals surface area contributed by atoms with E-state index < -0.39 is 11.0 Å². The monoisotopic (exact) mass is 446 g/mol. The van der Waals surface area contributed by atoms with Gasteiger partial charge in [-0.15, -0.1) is 0 Å². The predicted molar refractivity (Wildman–Crippen MR) is 116 cm³/mol. The van der Waals surface area contributed by atoms with E-state index in [1.54, 1.807) is 18.2 Å². The highest BCUT2D eigenvalue weighted by atomic mass is 35.5. The lowest BCUT2D eigenvalue weighted by Gasteiger charge is -2.38. The van der Waals surface area contributed by atoms with Gasteiger partial charge in [-0.3, -0.25) is 15.0 Å². The Morgan fingerprint density at radius 1 is 1.23 bits per heavy atom. The zero-order chi connectivity index (χ0) is 21.3. The highest BCUT2D eigenvalue weighted by molar-refractivity contribution is 7.22. The number of hydrogen-bond acceptors (Lipinski definition) is 8. The van der Waals surface area contributed by atoms with Gasteiger partial charge >= 0.3 is 5.97 Å². The van der Waals surface area contributed by atoms with E-state index in [1.807, 2.05) is 18.2 Å². The minimum absolute atomic E-state index is 0.0585. The van der Waals surface area contributed by atoms with Crippen molar-refractivity contribution in [3.63, 3.8) is 0 Å². The van der Waals surface area contributed by atoms with Gasteiger partial charge in [-0.05, 0) is 17.7 Å². The van der Waals surface area contributed by atoms with Crippen LogP contribution in [-0.4, -0.2) is 54.1 Å². The maximum atomic E-state index is 12.5. The standard InChI is InChI=1S/C20H19ClN4O4S/c1-29-19(26)18(14-4-2-3-5-15(14)21)23-8-10-24(11-9-23)20-22-16-7-6-13(25(27)28)12-17(16)30-20/h2-7,12,18H,8-11H2,1H3. The van der Waals surface area contributed by atoms with Crippen LogP contribution in [0.3, 0.4) is 0 Å². The largest absolute Gasteiger partial charge is 0.468 e. The number of halogens is 1. The molecule has 30 heavy (non-hydrogen) atoms. The number of methoxy groups -OCH3 is 1. The molecule has 0 N–H and O–H groups in total. The fourth-order valence-electron chi connectivity index (χ4n) is 3.60. The summed E-state index contributed by atoms with van der Waals surface area (Å²) in [6.45, 7) is 2.59. The normalized spacial score (nSPS) is 15.9. The van der Waals surface area contributed by atoms with Crippen molar-refractivity contribution in [3.8, 4) is 0 Å². The molecule has 156 valence electrons. The van der Waals surface area contributed by atoms with E-state index in [9.17, 15) is 14.9 Å². The molecule has 1 saturated heterocycles. The molecule has 0 saturated carbocycles. The number of thiazole rings is 1. The summed E-state index contributed by atoms with van der Waals surface area (Å²) in [7, 11) is 1.38. The molecule has 8 nitrogen and oxygen atoms in total.